The van der Waals surface area contributed by atoms with E-state index in [1.54, 1.807) is 0 Å². The standard InChI is InChI=1S/C17H24O3/c1-2-19-15-6-3-5-13(11-15)16(18)14-7-10-20-17(12-14)8-4-9-17/h3,5-6,11,14,16,18H,2,4,7-10,12H2,1H3. The summed E-state index contributed by atoms with van der Waals surface area (Å²) in [5, 5.41) is 10.7. The largest absolute Gasteiger partial charge is 0.494 e. The average molecular weight is 276 g/mol. The van der Waals surface area contributed by atoms with E-state index in [9.17, 15) is 5.11 Å². The van der Waals surface area contributed by atoms with Crippen LogP contribution in [0.4, 0.5) is 0 Å². The molecule has 1 aromatic carbocycles. The maximum absolute atomic E-state index is 10.7. The molecule has 3 rings (SSSR count). The number of benzene rings is 1. The summed E-state index contributed by atoms with van der Waals surface area (Å²) >= 11 is 0. The zero-order valence-corrected chi connectivity index (χ0v) is 12.2. The Balaban J connectivity index is 1.71. The molecule has 1 saturated carbocycles. The van der Waals surface area contributed by atoms with Crippen LogP contribution >= 0.6 is 0 Å². The molecule has 2 unspecified atom stereocenters. The van der Waals surface area contributed by atoms with Crippen LogP contribution in [0.15, 0.2) is 24.3 Å². The van der Waals surface area contributed by atoms with E-state index in [0.717, 1.165) is 43.6 Å². The van der Waals surface area contributed by atoms with Crippen LogP contribution in [0.2, 0.25) is 0 Å². The Morgan fingerprint density at radius 3 is 3.00 bits per heavy atom. The molecule has 3 nitrogen and oxygen atoms in total. The normalized spacial score (nSPS) is 26.0. The van der Waals surface area contributed by atoms with Crippen LogP contribution in [0.5, 0.6) is 5.75 Å². The second kappa shape index (κ2) is 5.74. The maximum atomic E-state index is 10.7. The lowest BCUT2D eigenvalue weighted by molar-refractivity contribution is -0.157. The van der Waals surface area contributed by atoms with E-state index in [4.69, 9.17) is 9.47 Å². The first kappa shape index (κ1) is 13.9. The molecule has 1 aliphatic carbocycles. The Bertz CT molecular complexity index is 453. The van der Waals surface area contributed by atoms with Crippen LogP contribution in [-0.2, 0) is 4.74 Å². The molecule has 1 saturated heterocycles. The molecule has 2 atom stereocenters. The predicted molar refractivity (Wildman–Crippen MR) is 77.8 cm³/mol. The van der Waals surface area contributed by atoms with Gasteiger partial charge < -0.3 is 14.6 Å². The molecule has 1 aromatic rings. The van der Waals surface area contributed by atoms with Gasteiger partial charge in [0, 0.05) is 6.61 Å². The second-order valence-corrected chi connectivity index (χ2v) is 6.09. The van der Waals surface area contributed by atoms with E-state index < -0.39 is 6.10 Å². The van der Waals surface area contributed by atoms with E-state index in [-0.39, 0.29) is 5.60 Å². The first-order chi connectivity index (χ1) is 9.72. The Labute approximate surface area is 120 Å². The molecule has 1 aliphatic heterocycles. The van der Waals surface area contributed by atoms with Gasteiger partial charge in [-0.25, -0.2) is 0 Å². The predicted octanol–water partition coefficient (Wildman–Crippen LogP) is 3.47. The molecule has 1 spiro atoms. The van der Waals surface area contributed by atoms with Gasteiger partial charge in [-0.1, -0.05) is 12.1 Å². The van der Waals surface area contributed by atoms with Crippen LogP contribution in [0.1, 0.15) is 50.7 Å². The minimum Gasteiger partial charge on any atom is -0.494 e. The molecule has 110 valence electrons. The molecule has 3 heteroatoms. The molecule has 0 aromatic heterocycles. The summed E-state index contributed by atoms with van der Waals surface area (Å²) in [6, 6.07) is 7.87. The quantitative estimate of drug-likeness (QED) is 0.915. The Kier molecular flexibility index (Phi) is 3.99. The molecule has 2 aliphatic rings. The van der Waals surface area contributed by atoms with Gasteiger partial charge in [-0.15, -0.1) is 0 Å². The number of rotatable bonds is 4. The van der Waals surface area contributed by atoms with Gasteiger partial charge in [-0.3, -0.25) is 0 Å². The van der Waals surface area contributed by atoms with Gasteiger partial charge >= 0.3 is 0 Å². The van der Waals surface area contributed by atoms with E-state index in [1.807, 2.05) is 31.2 Å². The van der Waals surface area contributed by atoms with Gasteiger partial charge in [0.25, 0.3) is 0 Å². The molecular formula is C17H24O3. The topological polar surface area (TPSA) is 38.7 Å². The zero-order valence-electron chi connectivity index (χ0n) is 12.2. The molecule has 0 radical (unpaired) electrons. The van der Waals surface area contributed by atoms with E-state index in [1.165, 1.54) is 6.42 Å². The average Bonchev–Trinajstić information content (AvgIpc) is 2.46. The fourth-order valence-corrected chi connectivity index (χ4v) is 3.48. The number of hydrogen-bond donors (Lipinski definition) is 1. The highest BCUT2D eigenvalue weighted by Crippen LogP contribution is 2.47. The Morgan fingerprint density at radius 1 is 1.45 bits per heavy atom. The third-order valence-corrected chi connectivity index (χ3v) is 4.75. The SMILES string of the molecule is CCOc1cccc(C(O)C2CCOC3(CCC3)C2)c1. The van der Waals surface area contributed by atoms with Crippen LogP contribution in [0, 0.1) is 5.92 Å². The third kappa shape index (κ3) is 2.70. The van der Waals surface area contributed by atoms with Crippen molar-refractivity contribution in [3.05, 3.63) is 29.8 Å². The summed E-state index contributed by atoms with van der Waals surface area (Å²) in [4.78, 5) is 0. The molecule has 20 heavy (non-hydrogen) atoms. The van der Waals surface area contributed by atoms with Crippen molar-refractivity contribution in [2.24, 2.45) is 5.92 Å². The molecular weight excluding hydrogens is 252 g/mol. The van der Waals surface area contributed by atoms with E-state index in [0.29, 0.717) is 12.5 Å². The lowest BCUT2D eigenvalue weighted by atomic mass is 9.70. The van der Waals surface area contributed by atoms with E-state index in [2.05, 4.69) is 0 Å². The summed E-state index contributed by atoms with van der Waals surface area (Å²) in [5.74, 6) is 1.15. The van der Waals surface area contributed by atoms with Gasteiger partial charge in [-0.05, 0) is 62.6 Å². The number of hydrogen-bond acceptors (Lipinski definition) is 3. The summed E-state index contributed by atoms with van der Waals surface area (Å²) < 4.78 is 11.5. The zero-order chi connectivity index (χ0) is 14.0. The van der Waals surface area contributed by atoms with Crippen LogP contribution in [0.25, 0.3) is 0 Å². The lowest BCUT2D eigenvalue weighted by Gasteiger charge is -2.48. The lowest BCUT2D eigenvalue weighted by Crippen LogP contribution is -2.46. The van der Waals surface area contributed by atoms with Crippen molar-refractivity contribution in [3.8, 4) is 5.75 Å². The second-order valence-electron chi connectivity index (χ2n) is 6.09. The van der Waals surface area contributed by atoms with Crippen molar-refractivity contribution in [3.63, 3.8) is 0 Å². The van der Waals surface area contributed by atoms with Crippen molar-refractivity contribution >= 4 is 0 Å². The van der Waals surface area contributed by atoms with Gasteiger partial charge in [0.05, 0.1) is 18.3 Å². The third-order valence-electron chi connectivity index (χ3n) is 4.75. The highest BCUT2D eigenvalue weighted by molar-refractivity contribution is 5.30. The van der Waals surface area contributed by atoms with Gasteiger partial charge in [0.2, 0.25) is 0 Å². The Morgan fingerprint density at radius 2 is 2.30 bits per heavy atom. The van der Waals surface area contributed by atoms with Gasteiger partial charge in [0.15, 0.2) is 0 Å². The first-order valence-electron chi connectivity index (χ1n) is 7.77. The fourth-order valence-electron chi connectivity index (χ4n) is 3.48. The van der Waals surface area contributed by atoms with Gasteiger partial charge in [0.1, 0.15) is 5.75 Å². The van der Waals surface area contributed by atoms with Crippen molar-refractivity contribution < 1.29 is 14.6 Å². The monoisotopic (exact) mass is 276 g/mol. The van der Waals surface area contributed by atoms with E-state index >= 15 is 0 Å². The Hall–Kier alpha value is -1.06. The van der Waals surface area contributed by atoms with Gasteiger partial charge in [-0.2, -0.15) is 0 Å². The van der Waals surface area contributed by atoms with Crippen molar-refractivity contribution in [2.45, 2.75) is 50.7 Å². The summed E-state index contributed by atoms with van der Waals surface area (Å²) in [5.41, 5.74) is 1.05. The minimum absolute atomic E-state index is 0.0847. The number of ether oxygens (including phenoxy) is 2. The summed E-state index contributed by atoms with van der Waals surface area (Å²) in [6.45, 7) is 3.41. The fraction of sp³-hybridized carbons (Fsp3) is 0.647. The minimum atomic E-state index is -0.406. The van der Waals surface area contributed by atoms with Crippen LogP contribution in [-0.4, -0.2) is 23.9 Å². The number of aliphatic hydroxyl groups excluding tert-OH is 1. The molecule has 0 bridgehead atoms. The molecule has 1 heterocycles. The van der Waals surface area contributed by atoms with Crippen molar-refractivity contribution in [1.29, 1.82) is 0 Å². The highest BCUT2D eigenvalue weighted by atomic mass is 16.5. The molecule has 0 amide bonds. The highest BCUT2D eigenvalue weighted by Gasteiger charge is 2.44. The van der Waals surface area contributed by atoms with Crippen LogP contribution < -0.4 is 4.74 Å². The molecule has 1 N–H and O–H groups in total. The van der Waals surface area contributed by atoms with Crippen molar-refractivity contribution in [2.75, 3.05) is 13.2 Å². The molecule has 2 fully saturated rings. The maximum Gasteiger partial charge on any atom is 0.119 e. The summed E-state index contributed by atoms with van der Waals surface area (Å²) in [7, 11) is 0. The van der Waals surface area contributed by atoms with Crippen LogP contribution in [0.3, 0.4) is 0 Å². The first-order valence-corrected chi connectivity index (χ1v) is 7.77. The van der Waals surface area contributed by atoms with Crippen molar-refractivity contribution in [1.82, 2.24) is 0 Å². The smallest absolute Gasteiger partial charge is 0.119 e. The summed E-state index contributed by atoms with van der Waals surface area (Å²) in [6.07, 6.45) is 5.12. The number of aliphatic hydroxyl groups is 1.